The Labute approximate surface area is 98.5 Å². The lowest BCUT2D eigenvalue weighted by atomic mass is 10.1. The van der Waals surface area contributed by atoms with E-state index in [0.717, 1.165) is 19.2 Å². The smallest absolute Gasteiger partial charge is 0.374 e. The molecule has 0 atom stereocenters. The Morgan fingerprint density at radius 2 is 2.00 bits per heavy atom. The number of halogens is 3. The number of benzene rings is 1. The highest BCUT2D eigenvalue weighted by molar-refractivity contribution is 9.10. The van der Waals surface area contributed by atoms with Crippen LogP contribution in [0.4, 0.5) is 8.78 Å². The number of rotatable bonds is 3. The van der Waals surface area contributed by atoms with Gasteiger partial charge in [0, 0.05) is 6.42 Å². The van der Waals surface area contributed by atoms with Crippen LogP contribution >= 0.6 is 15.9 Å². The largest absolute Gasteiger partial charge is 0.463 e. The van der Waals surface area contributed by atoms with E-state index < -0.39 is 29.8 Å². The van der Waals surface area contributed by atoms with Crippen molar-refractivity contribution < 1.29 is 23.1 Å². The van der Waals surface area contributed by atoms with Crippen molar-refractivity contribution in [2.24, 2.45) is 0 Å². The van der Waals surface area contributed by atoms with Crippen LogP contribution in [0.5, 0.6) is 0 Å². The minimum atomic E-state index is -1.08. The van der Waals surface area contributed by atoms with Gasteiger partial charge in [0.1, 0.15) is 11.6 Å². The summed E-state index contributed by atoms with van der Waals surface area (Å²) in [6, 6.07) is 1.79. The third kappa shape index (κ3) is 2.85. The molecule has 86 valence electrons. The Balaban J connectivity index is 2.97. The molecular formula is C10H7BrF2O3. The molecule has 3 nitrogen and oxygen atoms in total. The summed E-state index contributed by atoms with van der Waals surface area (Å²) in [4.78, 5) is 21.9. The Kier molecular flexibility index (Phi) is 4.12. The first-order valence-corrected chi connectivity index (χ1v) is 4.99. The van der Waals surface area contributed by atoms with Crippen molar-refractivity contribution >= 4 is 27.7 Å². The van der Waals surface area contributed by atoms with E-state index in [9.17, 15) is 18.4 Å². The van der Waals surface area contributed by atoms with Crippen LogP contribution < -0.4 is 0 Å². The fourth-order valence-electron chi connectivity index (χ4n) is 1.10. The van der Waals surface area contributed by atoms with Crippen LogP contribution in [-0.4, -0.2) is 18.9 Å². The zero-order valence-corrected chi connectivity index (χ0v) is 9.81. The molecule has 0 aromatic heterocycles. The quantitative estimate of drug-likeness (QED) is 0.486. The highest BCUT2D eigenvalue weighted by atomic mass is 79.9. The predicted molar refractivity (Wildman–Crippen MR) is 54.8 cm³/mol. The SMILES string of the molecule is COC(=O)C(=O)Cc1cc(F)cc(Br)c1F. The number of carbonyl (C=O) groups is 2. The molecule has 0 spiro atoms. The third-order valence-corrected chi connectivity index (χ3v) is 2.41. The Bertz CT molecular complexity index is 446. The summed E-state index contributed by atoms with van der Waals surface area (Å²) >= 11 is 2.80. The van der Waals surface area contributed by atoms with E-state index in [-0.39, 0.29) is 10.0 Å². The minimum absolute atomic E-state index is 0.0971. The number of ketones is 1. The minimum Gasteiger partial charge on any atom is -0.463 e. The number of hydrogen-bond acceptors (Lipinski definition) is 3. The summed E-state index contributed by atoms with van der Waals surface area (Å²) in [5.41, 5.74) is -0.192. The van der Waals surface area contributed by atoms with E-state index in [0.29, 0.717) is 0 Å². The van der Waals surface area contributed by atoms with Gasteiger partial charge < -0.3 is 4.74 Å². The molecule has 0 unspecified atom stereocenters. The van der Waals surface area contributed by atoms with Crippen LogP contribution in [-0.2, 0) is 20.7 Å². The Morgan fingerprint density at radius 1 is 1.38 bits per heavy atom. The lowest BCUT2D eigenvalue weighted by Crippen LogP contribution is -2.18. The average Bonchev–Trinajstić information content (AvgIpc) is 2.23. The molecule has 0 radical (unpaired) electrons. The third-order valence-electron chi connectivity index (χ3n) is 1.83. The van der Waals surface area contributed by atoms with E-state index in [4.69, 9.17) is 0 Å². The molecule has 1 aromatic carbocycles. The number of ether oxygens (including phenoxy) is 1. The lowest BCUT2D eigenvalue weighted by Gasteiger charge is -2.03. The first kappa shape index (κ1) is 12.8. The predicted octanol–water partition coefficient (Wildman–Crippen LogP) is 2.01. The maximum atomic E-state index is 13.4. The van der Waals surface area contributed by atoms with Gasteiger partial charge in [-0.25, -0.2) is 13.6 Å². The summed E-state index contributed by atoms with van der Waals surface area (Å²) < 4.78 is 30.4. The second-order valence-electron chi connectivity index (χ2n) is 2.95. The van der Waals surface area contributed by atoms with Crippen molar-refractivity contribution in [2.45, 2.75) is 6.42 Å². The summed E-state index contributed by atoms with van der Waals surface area (Å²) in [6.45, 7) is 0. The maximum Gasteiger partial charge on any atom is 0.374 e. The average molecular weight is 293 g/mol. The van der Waals surface area contributed by atoms with Crippen molar-refractivity contribution in [3.05, 3.63) is 33.8 Å². The summed E-state index contributed by atoms with van der Waals surface area (Å²) in [6.07, 6.45) is -0.533. The van der Waals surface area contributed by atoms with Gasteiger partial charge in [-0.3, -0.25) is 4.79 Å². The van der Waals surface area contributed by atoms with E-state index in [2.05, 4.69) is 20.7 Å². The standard InChI is InChI=1S/C10H7BrF2O3/c1-16-10(15)8(14)3-5-2-6(12)4-7(11)9(5)13/h2,4H,3H2,1H3. The van der Waals surface area contributed by atoms with Gasteiger partial charge in [-0.2, -0.15) is 0 Å². The van der Waals surface area contributed by atoms with Crippen LogP contribution in [0.3, 0.4) is 0 Å². The molecule has 1 rings (SSSR count). The Morgan fingerprint density at radius 3 is 2.56 bits per heavy atom. The van der Waals surface area contributed by atoms with Crippen LogP contribution in [0.2, 0.25) is 0 Å². The fraction of sp³-hybridized carbons (Fsp3) is 0.200. The first-order valence-electron chi connectivity index (χ1n) is 4.20. The second kappa shape index (κ2) is 5.16. The van der Waals surface area contributed by atoms with E-state index in [1.54, 1.807) is 0 Å². The second-order valence-corrected chi connectivity index (χ2v) is 3.81. The van der Waals surface area contributed by atoms with Crippen LogP contribution in [0, 0.1) is 11.6 Å². The van der Waals surface area contributed by atoms with E-state index in [1.165, 1.54) is 0 Å². The van der Waals surface area contributed by atoms with Gasteiger partial charge in [-0.05, 0) is 33.6 Å². The first-order chi connectivity index (χ1) is 7.45. The molecule has 0 aliphatic heterocycles. The van der Waals surface area contributed by atoms with Crippen molar-refractivity contribution in [3.8, 4) is 0 Å². The number of esters is 1. The molecule has 0 aliphatic rings. The maximum absolute atomic E-state index is 13.4. The molecular weight excluding hydrogens is 286 g/mol. The highest BCUT2D eigenvalue weighted by Crippen LogP contribution is 2.21. The van der Waals surface area contributed by atoms with Gasteiger partial charge in [0.15, 0.2) is 0 Å². The Hall–Kier alpha value is -1.30. The van der Waals surface area contributed by atoms with Gasteiger partial charge in [0.2, 0.25) is 5.78 Å². The van der Waals surface area contributed by atoms with E-state index in [1.807, 2.05) is 0 Å². The fourth-order valence-corrected chi connectivity index (χ4v) is 1.57. The monoisotopic (exact) mass is 292 g/mol. The zero-order valence-electron chi connectivity index (χ0n) is 8.22. The molecule has 0 bridgehead atoms. The lowest BCUT2D eigenvalue weighted by molar-refractivity contribution is -0.151. The molecule has 1 aromatic rings. The topological polar surface area (TPSA) is 43.4 Å². The van der Waals surface area contributed by atoms with Crippen LogP contribution in [0.15, 0.2) is 16.6 Å². The molecule has 0 N–H and O–H groups in total. The van der Waals surface area contributed by atoms with Gasteiger partial charge in [0.25, 0.3) is 0 Å². The van der Waals surface area contributed by atoms with Crippen molar-refractivity contribution in [2.75, 3.05) is 7.11 Å². The van der Waals surface area contributed by atoms with Crippen molar-refractivity contribution in [1.82, 2.24) is 0 Å². The van der Waals surface area contributed by atoms with E-state index >= 15 is 0 Å². The van der Waals surface area contributed by atoms with Gasteiger partial charge in [0.05, 0.1) is 11.6 Å². The van der Waals surface area contributed by atoms with Gasteiger partial charge in [-0.15, -0.1) is 0 Å². The van der Waals surface area contributed by atoms with Crippen molar-refractivity contribution in [1.29, 1.82) is 0 Å². The zero-order chi connectivity index (χ0) is 12.3. The summed E-state index contributed by atoms with van der Waals surface area (Å²) in [5.74, 6) is -3.47. The molecule has 0 heterocycles. The number of methoxy groups -OCH3 is 1. The molecule has 16 heavy (non-hydrogen) atoms. The molecule has 0 amide bonds. The molecule has 0 aliphatic carbocycles. The highest BCUT2D eigenvalue weighted by Gasteiger charge is 2.18. The van der Waals surface area contributed by atoms with Gasteiger partial charge >= 0.3 is 5.97 Å². The molecule has 0 saturated heterocycles. The van der Waals surface area contributed by atoms with Crippen LogP contribution in [0.25, 0.3) is 0 Å². The normalized spacial score (nSPS) is 10.0. The molecule has 6 heteroatoms. The molecule has 0 fully saturated rings. The van der Waals surface area contributed by atoms with Gasteiger partial charge in [-0.1, -0.05) is 0 Å². The summed E-state index contributed by atoms with van der Waals surface area (Å²) in [5, 5.41) is 0. The molecule has 0 saturated carbocycles. The summed E-state index contributed by atoms with van der Waals surface area (Å²) in [7, 11) is 1.04. The van der Waals surface area contributed by atoms with Crippen LogP contribution in [0.1, 0.15) is 5.56 Å². The van der Waals surface area contributed by atoms with Crippen molar-refractivity contribution in [3.63, 3.8) is 0 Å². The number of hydrogen-bond donors (Lipinski definition) is 0. The number of carbonyl (C=O) groups excluding carboxylic acids is 2. The number of Topliss-reactive ketones (excluding diaryl/α,β-unsaturated/α-hetero) is 1.